The highest BCUT2D eigenvalue weighted by atomic mass is 19.4. The average Bonchev–Trinajstić information content (AvgIpc) is 2.46. The zero-order chi connectivity index (χ0) is 17.0. The monoisotopic (exact) mass is 322 g/mol. The van der Waals surface area contributed by atoms with Crippen LogP contribution >= 0.6 is 0 Å². The second-order valence-electron chi connectivity index (χ2n) is 4.96. The number of rotatable bonds is 4. The van der Waals surface area contributed by atoms with Crippen molar-refractivity contribution in [2.24, 2.45) is 4.99 Å². The van der Waals surface area contributed by atoms with Crippen molar-refractivity contribution in [2.75, 3.05) is 0 Å². The van der Waals surface area contributed by atoms with Gasteiger partial charge in [0.05, 0.1) is 11.5 Å². The summed E-state index contributed by atoms with van der Waals surface area (Å²) in [6.07, 6.45) is -4.57. The summed E-state index contributed by atoms with van der Waals surface area (Å²) < 4.78 is 39.6. The second-order valence-corrected chi connectivity index (χ2v) is 4.96. The number of non-ortho nitro benzene ring substituents is 1. The minimum atomic E-state index is -4.57. The molecule has 23 heavy (non-hydrogen) atoms. The van der Waals surface area contributed by atoms with Gasteiger partial charge in [-0.05, 0) is 18.6 Å². The van der Waals surface area contributed by atoms with Crippen LogP contribution < -0.4 is 0 Å². The Morgan fingerprint density at radius 1 is 1.17 bits per heavy atom. The summed E-state index contributed by atoms with van der Waals surface area (Å²) in [5, 5.41) is 10.6. The molecule has 0 atom stereocenters. The van der Waals surface area contributed by atoms with Crippen LogP contribution in [0.25, 0.3) is 0 Å². The Kier molecular flexibility index (Phi) is 4.78. The van der Waals surface area contributed by atoms with E-state index in [4.69, 9.17) is 0 Å². The first-order valence-corrected chi connectivity index (χ1v) is 6.69. The zero-order valence-electron chi connectivity index (χ0n) is 12.2. The van der Waals surface area contributed by atoms with E-state index in [0.717, 1.165) is 0 Å². The van der Waals surface area contributed by atoms with Crippen molar-refractivity contribution in [3.8, 4) is 0 Å². The predicted octanol–water partition coefficient (Wildman–Crippen LogP) is 4.45. The maximum Gasteiger partial charge on any atom is 0.433 e. The maximum atomic E-state index is 13.2. The molecule has 0 saturated carbocycles. The molecule has 0 fully saturated rings. The van der Waals surface area contributed by atoms with Crippen LogP contribution in [-0.2, 0) is 6.54 Å². The van der Waals surface area contributed by atoms with Gasteiger partial charge in [-0.1, -0.05) is 35.9 Å². The van der Waals surface area contributed by atoms with Gasteiger partial charge >= 0.3 is 6.18 Å². The number of nitrogens with zero attached hydrogens (tertiary/aromatic N) is 2. The largest absolute Gasteiger partial charge is 0.433 e. The number of nitro benzene ring substituents is 1. The molecule has 0 aromatic heterocycles. The third-order valence-electron chi connectivity index (χ3n) is 3.13. The number of hydrogen-bond acceptors (Lipinski definition) is 3. The Hall–Kier alpha value is -2.70. The van der Waals surface area contributed by atoms with Crippen LogP contribution in [0.4, 0.5) is 18.9 Å². The lowest BCUT2D eigenvalue weighted by Gasteiger charge is -2.11. The molecule has 0 spiro atoms. The van der Waals surface area contributed by atoms with Gasteiger partial charge in [0, 0.05) is 17.7 Å². The Bertz CT molecular complexity index is 738. The molecule has 0 aliphatic carbocycles. The van der Waals surface area contributed by atoms with Crippen molar-refractivity contribution in [3.05, 3.63) is 75.3 Å². The molecule has 4 nitrogen and oxygen atoms in total. The Morgan fingerprint density at radius 3 is 2.35 bits per heavy atom. The van der Waals surface area contributed by atoms with Crippen LogP contribution in [0.1, 0.15) is 16.7 Å². The number of nitro groups is 1. The van der Waals surface area contributed by atoms with Crippen LogP contribution in [0, 0.1) is 17.0 Å². The number of benzene rings is 2. The van der Waals surface area contributed by atoms with E-state index in [2.05, 4.69) is 4.99 Å². The van der Waals surface area contributed by atoms with Crippen molar-refractivity contribution in [1.82, 2.24) is 0 Å². The van der Waals surface area contributed by atoms with E-state index in [1.54, 1.807) is 13.0 Å². The quantitative estimate of drug-likeness (QED) is 0.474. The molecule has 0 aliphatic heterocycles. The van der Waals surface area contributed by atoms with E-state index in [9.17, 15) is 23.3 Å². The van der Waals surface area contributed by atoms with Gasteiger partial charge in [-0.3, -0.25) is 15.1 Å². The summed E-state index contributed by atoms with van der Waals surface area (Å²) in [6.45, 7) is 1.49. The minimum absolute atomic E-state index is 0.000545. The fourth-order valence-electron chi connectivity index (χ4n) is 2.03. The van der Waals surface area contributed by atoms with Crippen LogP contribution in [0.5, 0.6) is 0 Å². The standard InChI is InChI=1S/C16H13F3N2O2/c1-11-3-2-4-13(9-11)15(16(17,18)19)20-10-12-5-7-14(8-6-12)21(22)23/h2-9H,10H2,1H3. The highest BCUT2D eigenvalue weighted by molar-refractivity contribution is 6.04. The SMILES string of the molecule is Cc1cccc(C(=NCc2ccc([N+](=O)[O-])cc2)C(F)(F)F)c1. The van der Waals surface area contributed by atoms with Crippen LogP contribution in [0.15, 0.2) is 53.5 Å². The van der Waals surface area contributed by atoms with Crippen molar-refractivity contribution < 1.29 is 18.1 Å². The molecule has 2 rings (SSSR count). The van der Waals surface area contributed by atoms with Crippen molar-refractivity contribution in [2.45, 2.75) is 19.6 Å². The molecular formula is C16H13F3N2O2. The van der Waals surface area contributed by atoms with Crippen LogP contribution in [0.2, 0.25) is 0 Å². The fourth-order valence-corrected chi connectivity index (χ4v) is 2.03. The Labute approximate surface area is 130 Å². The van der Waals surface area contributed by atoms with E-state index in [1.165, 1.54) is 42.5 Å². The van der Waals surface area contributed by atoms with Crippen molar-refractivity contribution in [3.63, 3.8) is 0 Å². The molecule has 2 aromatic carbocycles. The smallest absolute Gasteiger partial charge is 0.275 e. The van der Waals surface area contributed by atoms with Crippen molar-refractivity contribution >= 4 is 11.4 Å². The van der Waals surface area contributed by atoms with E-state index in [0.29, 0.717) is 11.1 Å². The number of alkyl halides is 3. The number of hydrogen-bond donors (Lipinski definition) is 0. The number of aliphatic imine (C=N–C) groups is 1. The number of aryl methyl sites for hydroxylation is 1. The molecular weight excluding hydrogens is 309 g/mol. The molecule has 0 unspecified atom stereocenters. The van der Waals surface area contributed by atoms with Gasteiger partial charge in [-0.15, -0.1) is 0 Å². The van der Waals surface area contributed by atoms with Gasteiger partial charge in [0.15, 0.2) is 0 Å². The third kappa shape index (κ3) is 4.38. The highest BCUT2D eigenvalue weighted by Crippen LogP contribution is 2.24. The maximum absolute atomic E-state index is 13.2. The molecule has 0 heterocycles. The molecule has 0 bridgehead atoms. The summed E-state index contributed by atoms with van der Waals surface area (Å²) >= 11 is 0. The first-order valence-electron chi connectivity index (χ1n) is 6.69. The summed E-state index contributed by atoms with van der Waals surface area (Å²) in [6, 6.07) is 11.3. The molecule has 7 heteroatoms. The van der Waals surface area contributed by atoms with E-state index < -0.39 is 16.8 Å². The third-order valence-corrected chi connectivity index (χ3v) is 3.13. The number of halogens is 3. The first-order chi connectivity index (χ1) is 10.8. The normalized spacial score (nSPS) is 12.3. The molecule has 0 radical (unpaired) electrons. The second kappa shape index (κ2) is 6.60. The van der Waals surface area contributed by atoms with Gasteiger partial charge < -0.3 is 0 Å². The topological polar surface area (TPSA) is 55.5 Å². The molecule has 0 saturated heterocycles. The van der Waals surface area contributed by atoms with Gasteiger partial charge in [-0.25, -0.2) is 0 Å². The lowest BCUT2D eigenvalue weighted by atomic mass is 10.1. The lowest BCUT2D eigenvalue weighted by Crippen LogP contribution is -2.24. The Morgan fingerprint density at radius 2 is 1.83 bits per heavy atom. The van der Waals surface area contributed by atoms with E-state index in [-0.39, 0.29) is 17.8 Å². The summed E-state index contributed by atoms with van der Waals surface area (Å²) in [5.74, 6) is 0. The molecule has 0 N–H and O–H groups in total. The Balaban J connectivity index is 2.29. The molecule has 0 aliphatic rings. The first kappa shape index (κ1) is 16.7. The fraction of sp³-hybridized carbons (Fsp3) is 0.188. The summed E-state index contributed by atoms with van der Waals surface area (Å²) in [7, 11) is 0. The van der Waals surface area contributed by atoms with Gasteiger partial charge in [-0.2, -0.15) is 13.2 Å². The average molecular weight is 322 g/mol. The van der Waals surface area contributed by atoms with E-state index >= 15 is 0 Å². The highest BCUT2D eigenvalue weighted by Gasteiger charge is 2.36. The van der Waals surface area contributed by atoms with Crippen LogP contribution in [-0.4, -0.2) is 16.8 Å². The zero-order valence-corrected chi connectivity index (χ0v) is 12.2. The van der Waals surface area contributed by atoms with Crippen molar-refractivity contribution in [1.29, 1.82) is 0 Å². The summed E-state index contributed by atoms with van der Waals surface area (Å²) in [5.41, 5.74) is 0.0891. The molecule has 120 valence electrons. The molecule has 0 amide bonds. The predicted molar refractivity (Wildman–Crippen MR) is 80.6 cm³/mol. The molecule has 2 aromatic rings. The lowest BCUT2D eigenvalue weighted by molar-refractivity contribution is -0.384. The van der Waals surface area contributed by atoms with Gasteiger partial charge in [0.25, 0.3) is 5.69 Å². The van der Waals surface area contributed by atoms with Crippen LogP contribution in [0.3, 0.4) is 0 Å². The summed E-state index contributed by atoms with van der Waals surface area (Å²) in [4.78, 5) is 13.7. The van der Waals surface area contributed by atoms with Gasteiger partial charge in [0.2, 0.25) is 0 Å². The van der Waals surface area contributed by atoms with Gasteiger partial charge in [0.1, 0.15) is 5.71 Å². The van der Waals surface area contributed by atoms with E-state index in [1.807, 2.05) is 0 Å². The minimum Gasteiger partial charge on any atom is -0.275 e.